The van der Waals surface area contributed by atoms with E-state index >= 15 is 0 Å². The summed E-state index contributed by atoms with van der Waals surface area (Å²) in [5.41, 5.74) is 5.22. The molecule has 0 amide bonds. The standard InChI is InChI=1S/C42H51N7O6/c1-27-10-12-36(41(45-27)50-5)49-24-30(4)54-34(25-49)9-7-8-32-20-31(11-14-38(32)55-33-16-18-52-19-17-33)35-21-40(44-26-43-35)46-39-15-13-37(42(47-39)51-6)48-22-28(2)53-29(3)23-48/h10-15,20-21,26,28-30,33-34H,9,16-19,22-25H2,1-6H3,(H,43,44,46,47). The number of nitrogens with zero attached hydrogens (tertiary/aromatic N) is 6. The SMILES string of the molecule is COc1nc(C)ccc1N1CC(C)OC(CC#Cc2cc(-c3cc(Nc4ccc(N5CC(C)OC(C)C5)c(OC)n4)ncn3)ccc2OC2CCOCC2)C1. The number of rotatable bonds is 10. The van der Waals surface area contributed by atoms with Gasteiger partial charge in [-0.05, 0) is 70.2 Å². The molecule has 7 rings (SSSR count). The Morgan fingerprint density at radius 3 is 2.22 bits per heavy atom. The number of hydrogen-bond donors (Lipinski definition) is 1. The van der Waals surface area contributed by atoms with Crippen molar-refractivity contribution in [3.8, 4) is 40.6 Å². The fraction of sp³-hybridized carbons (Fsp3) is 0.476. The highest BCUT2D eigenvalue weighted by atomic mass is 16.5. The molecule has 1 N–H and O–H groups in total. The molecule has 4 aromatic rings. The number of methoxy groups -OCH3 is 2. The second kappa shape index (κ2) is 17.5. The van der Waals surface area contributed by atoms with Crippen LogP contribution in [0.3, 0.4) is 0 Å². The first kappa shape index (κ1) is 38.1. The maximum Gasteiger partial charge on any atom is 0.239 e. The molecule has 0 saturated carbocycles. The number of morpholine rings is 2. The molecular weight excluding hydrogens is 699 g/mol. The molecule has 3 aromatic heterocycles. The van der Waals surface area contributed by atoms with Crippen molar-refractivity contribution in [2.24, 2.45) is 0 Å². The van der Waals surface area contributed by atoms with Crippen LogP contribution in [0.25, 0.3) is 11.3 Å². The molecule has 4 unspecified atom stereocenters. The maximum atomic E-state index is 6.52. The molecule has 1 aromatic carbocycles. The lowest BCUT2D eigenvalue weighted by atomic mass is 10.1. The molecule has 55 heavy (non-hydrogen) atoms. The number of aryl methyl sites for hydroxylation is 1. The summed E-state index contributed by atoms with van der Waals surface area (Å²) >= 11 is 0. The van der Waals surface area contributed by atoms with Crippen molar-refractivity contribution in [2.75, 3.05) is 68.7 Å². The van der Waals surface area contributed by atoms with Crippen LogP contribution in [0.4, 0.5) is 23.0 Å². The van der Waals surface area contributed by atoms with E-state index in [1.165, 1.54) is 0 Å². The van der Waals surface area contributed by atoms with Crippen molar-refractivity contribution in [1.29, 1.82) is 0 Å². The van der Waals surface area contributed by atoms with Gasteiger partial charge in [0, 0.05) is 62.8 Å². The topological polar surface area (TPSA) is 125 Å². The Balaban J connectivity index is 1.10. The highest BCUT2D eigenvalue weighted by Gasteiger charge is 2.28. The highest BCUT2D eigenvalue weighted by Crippen LogP contribution is 2.33. The van der Waals surface area contributed by atoms with Gasteiger partial charge in [0.2, 0.25) is 11.8 Å². The van der Waals surface area contributed by atoms with E-state index in [9.17, 15) is 0 Å². The monoisotopic (exact) mass is 749 g/mol. The average molecular weight is 750 g/mol. The molecule has 0 aliphatic carbocycles. The van der Waals surface area contributed by atoms with Gasteiger partial charge >= 0.3 is 0 Å². The van der Waals surface area contributed by atoms with Crippen LogP contribution in [-0.4, -0.2) is 104 Å². The molecule has 3 fully saturated rings. The third-order valence-corrected chi connectivity index (χ3v) is 9.85. The van der Waals surface area contributed by atoms with E-state index in [0.29, 0.717) is 49.6 Å². The van der Waals surface area contributed by atoms with Crippen LogP contribution in [0.2, 0.25) is 0 Å². The van der Waals surface area contributed by atoms with Crippen molar-refractivity contribution in [3.63, 3.8) is 0 Å². The number of benzene rings is 1. The van der Waals surface area contributed by atoms with Gasteiger partial charge < -0.3 is 43.5 Å². The fourth-order valence-electron chi connectivity index (χ4n) is 7.38. The molecule has 0 radical (unpaired) electrons. The summed E-state index contributed by atoms with van der Waals surface area (Å²) in [4.78, 5) is 23.0. The second-order valence-electron chi connectivity index (χ2n) is 14.4. The maximum absolute atomic E-state index is 6.52. The van der Waals surface area contributed by atoms with Gasteiger partial charge in [-0.1, -0.05) is 11.8 Å². The van der Waals surface area contributed by atoms with E-state index in [0.717, 1.165) is 72.1 Å². The van der Waals surface area contributed by atoms with Crippen molar-refractivity contribution in [1.82, 2.24) is 19.9 Å². The van der Waals surface area contributed by atoms with Crippen molar-refractivity contribution in [2.45, 2.75) is 77.5 Å². The van der Waals surface area contributed by atoms with Crippen molar-refractivity contribution in [3.05, 3.63) is 66.1 Å². The first-order valence-corrected chi connectivity index (χ1v) is 19.1. The normalized spacial score (nSPS) is 21.7. The van der Waals surface area contributed by atoms with Crippen molar-refractivity contribution >= 4 is 23.0 Å². The molecule has 6 heterocycles. The number of hydrogen-bond acceptors (Lipinski definition) is 13. The zero-order valence-corrected chi connectivity index (χ0v) is 32.6. The Labute approximate surface area is 323 Å². The van der Waals surface area contributed by atoms with E-state index in [-0.39, 0.29) is 30.5 Å². The minimum atomic E-state index is -0.0944. The molecule has 0 bridgehead atoms. The van der Waals surface area contributed by atoms with E-state index in [1.807, 2.05) is 49.4 Å². The third kappa shape index (κ3) is 9.57. The molecule has 4 atom stereocenters. The summed E-state index contributed by atoms with van der Waals surface area (Å²) in [6, 6.07) is 16.0. The highest BCUT2D eigenvalue weighted by molar-refractivity contribution is 5.69. The van der Waals surface area contributed by atoms with Gasteiger partial charge in [-0.25, -0.2) is 15.0 Å². The first-order valence-electron chi connectivity index (χ1n) is 19.1. The van der Waals surface area contributed by atoms with Gasteiger partial charge in [-0.15, -0.1) is 0 Å². The van der Waals surface area contributed by atoms with E-state index in [2.05, 4.69) is 68.7 Å². The number of aromatic nitrogens is 4. The Bertz CT molecular complexity index is 1990. The molecule has 13 heteroatoms. The molecular formula is C42H51N7O6. The quantitative estimate of drug-likeness (QED) is 0.185. The molecule has 3 saturated heterocycles. The number of ether oxygens (including phenoxy) is 6. The van der Waals surface area contributed by atoms with Gasteiger partial charge in [0.1, 0.15) is 41.2 Å². The summed E-state index contributed by atoms with van der Waals surface area (Å²) in [6.45, 7) is 12.5. The number of nitrogens with one attached hydrogen (secondary N) is 1. The molecule has 0 spiro atoms. The van der Waals surface area contributed by atoms with E-state index in [1.54, 1.807) is 20.5 Å². The Hall–Kier alpha value is -5.16. The predicted octanol–water partition coefficient (Wildman–Crippen LogP) is 6.21. The van der Waals surface area contributed by atoms with Gasteiger partial charge in [0.25, 0.3) is 0 Å². The minimum absolute atomic E-state index is 0.0227. The van der Waals surface area contributed by atoms with Crippen LogP contribution in [-0.2, 0) is 14.2 Å². The van der Waals surface area contributed by atoms with E-state index in [4.69, 9.17) is 33.4 Å². The van der Waals surface area contributed by atoms with Crippen LogP contribution in [0.15, 0.2) is 54.9 Å². The second-order valence-corrected chi connectivity index (χ2v) is 14.4. The van der Waals surface area contributed by atoms with E-state index < -0.39 is 0 Å². The Morgan fingerprint density at radius 2 is 1.47 bits per heavy atom. The van der Waals surface area contributed by atoms with Crippen LogP contribution in [0.5, 0.6) is 17.5 Å². The molecule has 290 valence electrons. The van der Waals surface area contributed by atoms with Gasteiger partial charge in [0.15, 0.2) is 0 Å². The largest absolute Gasteiger partial charge is 0.489 e. The minimum Gasteiger partial charge on any atom is -0.489 e. The molecule has 13 nitrogen and oxygen atoms in total. The zero-order valence-electron chi connectivity index (χ0n) is 32.6. The third-order valence-electron chi connectivity index (χ3n) is 9.85. The fourth-order valence-corrected chi connectivity index (χ4v) is 7.38. The van der Waals surface area contributed by atoms with Crippen LogP contribution < -0.4 is 29.3 Å². The lowest BCUT2D eigenvalue weighted by Gasteiger charge is -2.37. The number of anilines is 4. The van der Waals surface area contributed by atoms with Crippen LogP contribution >= 0.6 is 0 Å². The van der Waals surface area contributed by atoms with Crippen LogP contribution in [0.1, 0.15) is 51.3 Å². The van der Waals surface area contributed by atoms with Crippen molar-refractivity contribution < 1.29 is 28.4 Å². The number of pyridine rings is 2. The molecule has 3 aliphatic heterocycles. The summed E-state index contributed by atoms with van der Waals surface area (Å²) in [7, 11) is 3.30. The first-order chi connectivity index (χ1) is 26.7. The predicted molar refractivity (Wildman–Crippen MR) is 212 cm³/mol. The Morgan fingerprint density at radius 1 is 0.782 bits per heavy atom. The zero-order chi connectivity index (χ0) is 38.3. The summed E-state index contributed by atoms with van der Waals surface area (Å²) in [5, 5.41) is 3.34. The van der Waals surface area contributed by atoms with Gasteiger partial charge in [-0.3, -0.25) is 0 Å². The summed E-state index contributed by atoms with van der Waals surface area (Å²) < 4.78 is 35.7. The lowest BCUT2D eigenvalue weighted by molar-refractivity contribution is -0.0128. The smallest absolute Gasteiger partial charge is 0.239 e. The molecule has 3 aliphatic rings. The van der Waals surface area contributed by atoms with Gasteiger partial charge in [-0.2, -0.15) is 4.98 Å². The van der Waals surface area contributed by atoms with Gasteiger partial charge in [0.05, 0.1) is 63.1 Å². The summed E-state index contributed by atoms with van der Waals surface area (Å²) in [5.74, 6) is 9.96. The summed E-state index contributed by atoms with van der Waals surface area (Å²) in [6.07, 6.45) is 3.99. The lowest BCUT2D eigenvalue weighted by Crippen LogP contribution is -2.46. The Kier molecular flexibility index (Phi) is 12.2. The van der Waals surface area contributed by atoms with Crippen LogP contribution in [0, 0.1) is 18.8 Å². The average Bonchev–Trinajstić information content (AvgIpc) is 3.18.